The van der Waals surface area contributed by atoms with Crippen molar-refractivity contribution in [3.8, 4) is 28.3 Å². The lowest BCUT2D eigenvalue weighted by atomic mass is 9.98. The number of fused-ring (bicyclic) bond motifs is 1. The number of nitrogens with one attached hydrogen (secondary N) is 1. The van der Waals surface area contributed by atoms with Crippen LogP contribution in [0.25, 0.3) is 33.2 Å². The Bertz CT molecular complexity index is 2130. The van der Waals surface area contributed by atoms with Crippen molar-refractivity contribution in [2.24, 2.45) is 0 Å². The Morgan fingerprint density at radius 2 is 1.57 bits per heavy atom. The van der Waals surface area contributed by atoms with Crippen LogP contribution >= 0.6 is 11.8 Å². The number of carboxylic acids is 1. The topological polar surface area (TPSA) is 108 Å². The fraction of sp³-hybridized carbons (Fsp3) is 0.105. The average molecular weight is 621 g/mol. The molecule has 8 heteroatoms. The highest BCUT2D eigenvalue weighted by Gasteiger charge is 2.30. The third kappa shape index (κ3) is 6.01. The molecule has 1 amide bonds. The fourth-order valence-electron chi connectivity index (χ4n) is 5.52. The molecule has 1 fully saturated rings. The molecule has 0 saturated heterocycles. The minimum atomic E-state index is -0.998. The summed E-state index contributed by atoms with van der Waals surface area (Å²) in [5, 5.41) is 28.4. The van der Waals surface area contributed by atoms with Gasteiger partial charge in [0, 0.05) is 16.8 Å². The minimum Gasteiger partial charge on any atom is -0.478 e. The maximum absolute atomic E-state index is 14.0. The summed E-state index contributed by atoms with van der Waals surface area (Å²) in [5.74, 6) is -1.26. The van der Waals surface area contributed by atoms with Gasteiger partial charge in [0.2, 0.25) is 0 Å². The Labute approximate surface area is 270 Å². The van der Waals surface area contributed by atoms with Crippen LogP contribution < -0.4 is 5.32 Å². The van der Waals surface area contributed by atoms with Gasteiger partial charge in [-0.1, -0.05) is 78.5 Å². The molecule has 0 atom stereocenters. The Morgan fingerprint density at radius 3 is 2.26 bits per heavy atom. The van der Waals surface area contributed by atoms with Crippen LogP contribution in [0.2, 0.25) is 0 Å². The summed E-state index contributed by atoms with van der Waals surface area (Å²) < 4.78 is 2.05. The summed E-state index contributed by atoms with van der Waals surface area (Å²) in [6, 6.07) is 38.8. The molecule has 7 nitrogen and oxygen atoms in total. The Kier molecular flexibility index (Phi) is 7.83. The van der Waals surface area contributed by atoms with E-state index < -0.39 is 5.97 Å². The summed E-state index contributed by atoms with van der Waals surface area (Å²) in [7, 11) is 0. The number of hydrogen-bond donors (Lipinski definition) is 2. The van der Waals surface area contributed by atoms with E-state index in [1.165, 1.54) is 23.9 Å². The molecule has 1 aliphatic carbocycles. The molecular weight excluding hydrogens is 593 g/mol. The number of aromatic carboxylic acids is 1. The maximum Gasteiger partial charge on any atom is 0.335 e. The van der Waals surface area contributed by atoms with Gasteiger partial charge in [-0.3, -0.25) is 9.48 Å². The second-order valence-electron chi connectivity index (χ2n) is 11.3. The van der Waals surface area contributed by atoms with Gasteiger partial charge < -0.3 is 10.4 Å². The van der Waals surface area contributed by atoms with Crippen molar-refractivity contribution >= 4 is 34.5 Å². The molecule has 2 N–H and O–H groups in total. The van der Waals surface area contributed by atoms with E-state index in [2.05, 4.69) is 58.5 Å². The van der Waals surface area contributed by atoms with Gasteiger partial charge in [0.1, 0.15) is 5.03 Å². The van der Waals surface area contributed by atoms with Crippen molar-refractivity contribution in [2.45, 2.75) is 35.3 Å². The first kappa shape index (κ1) is 29.1. The van der Waals surface area contributed by atoms with Crippen molar-refractivity contribution in [3.05, 3.63) is 138 Å². The molecule has 1 aliphatic rings. The van der Waals surface area contributed by atoms with Crippen molar-refractivity contribution in [1.82, 2.24) is 15.1 Å². The second kappa shape index (κ2) is 12.4. The van der Waals surface area contributed by atoms with E-state index in [9.17, 15) is 20.0 Å². The van der Waals surface area contributed by atoms with Crippen LogP contribution in [0, 0.1) is 11.3 Å². The quantitative estimate of drug-likeness (QED) is 0.168. The van der Waals surface area contributed by atoms with Crippen LogP contribution in [-0.4, -0.2) is 26.8 Å². The highest BCUT2D eigenvalue weighted by atomic mass is 32.2. The predicted octanol–water partition coefficient (Wildman–Crippen LogP) is 8.36. The summed E-state index contributed by atoms with van der Waals surface area (Å²) in [5.41, 5.74) is 6.82. The largest absolute Gasteiger partial charge is 0.478 e. The zero-order valence-electron chi connectivity index (χ0n) is 24.7. The molecule has 0 radical (unpaired) electrons. The van der Waals surface area contributed by atoms with Gasteiger partial charge in [-0.15, -0.1) is 0 Å². The number of carbonyl (C=O) groups excluding carboxylic acids is 1. The van der Waals surface area contributed by atoms with Crippen LogP contribution in [0.15, 0.2) is 125 Å². The molecule has 0 bridgehead atoms. The third-order valence-electron chi connectivity index (χ3n) is 8.07. The SMILES string of the molecule is N#Cc1cccc(-c2cc(C(=O)NCc3ccc(C(=O)O)cc3)c3c(Sc4ccc(-c5ccccc5)cc4)nn(C4CC4)c3c2)c1. The van der Waals surface area contributed by atoms with Crippen LogP contribution in [-0.2, 0) is 6.54 Å². The smallest absolute Gasteiger partial charge is 0.335 e. The minimum absolute atomic E-state index is 0.190. The highest BCUT2D eigenvalue weighted by Crippen LogP contribution is 2.43. The summed E-state index contributed by atoms with van der Waals surface area (Å²) >= 11 is 1.53. The van der Waals surface area contributed by atoms with E-state index in [4.69, 9.17) is 5.10 Å². The molecule has 0 unspecified atom stereocenters. The zero-order valence-corrected chi connectivity index (χ0v) is 25.5. The van der Waals surface area contributed by atoms with E-state index in [0.29, 0.717) is 11.1 Å². The Balaban J connectivity index is 1.29. The fourth-order valence-corrected chi connectivity index (χ4v) is 6.46. The van der Waals surface area contributed by atoms with Gasteiger partial charge in [-0.25, -0.2) is 4.79 Å². The molecule has 7 rings (SSSR count). The van der Waals surface area contributed by atoms with Gasteiger partial charge in [0.15, 0.2) is 0 Å². The lowest BCUT2D eigenvalue weighted by Crippen LogP contribution is -2.23. The number of benzene rings is 5. The first-order valence-corrected chi connectivity index (χ1v) is 15.8. The molecule has 224 valence electrons. The molecule has 5 aromatic carbocycles. The number of nitrogens with zero attached hydrogens (tertiary/aromatic N) is 3. The Hall–Kier alpha value is -5.65. The van der Waals surface area contributed by atoms with Crippen LogP contribution in [0.1, 0.15) is 50.7 Å². The van der Waals surface area contributed by atoms with Gasteiger partial charge in [-0.2, -0.15) is 10.4 Å². The predicted molar refractivity (Wildman–Crippen MR) is 179 cm³/mol. The van der Waals surface area contributed by atoms with Crippen molar-refractivity contribution in [1.29, 1.82) is 5.26 Å². The van der Waals surface area contributed by atoms with Gasteiger partial charge >= 0.3 is 5.97 Å². The zero-order chi connectivity index (χ0) is 31.6. The van der Waals surface area contributed by atoms with Crippen molar-refractivity contribution < 1.29 is 14.7 Å². The standard InChI is InChI=1S/C38H28N4O3S/c39-22-25-5-4-8-29(19-25)30-20-33(36(43)40-23-24-9-11-28(12-10-24)38(44)45)35-34(21-30)42(31-15-16-31)41-37(35)46-32-17-13-27(14-18-32)26-6-2-1-3-7-26/h1-14,17-21,31H,15-16,23H2,(H,40,43)(H,44,45). The average Bonchev–Trinajstić information content (AvgIpc) is 3.89. The van der Waals surface area contributed by atoms with Gasteiger partial charge in [0.05, 0.1) is 34.3 Å². The molecule has 1 aromatic heterocycles. The monoisotopic (exact) mass is 620 g/mol. The number of carboxylic acid groups (broad SMARTS) is 1. The van der Waals surface area contributed by atoms with Crippen LogP contribution in [0.5, 0.6) is 0 Å². The molecule has 0 spiro atoms. The van der Waals surface area contributed by atoms with E-state index in [-0.39, 0.29) is 24.1 Å². The number of carbonyl (C=O) groups is 2. The molecule has 46 heavy (non-hydrogen) atoms. The normalized spacial score (nSPS) is 12.5. The van der Waals surface area contributed by atoms with Crippen LogP contribution in [0.4, 0.5) is 0 Å². The summed E-state index contributed by atoms with van der Waals surface area (Å²) in [6.45, 7) is 0.231. The number of amides is 1. The second-order valence-corrected chi connectivity index (χ2v) is 12.3. The summed E-state index contributed by atoms with van der Waals surface area (Å²) in [6.07, 6.45) is 2.04. The van der Waals surface area contributed by atoms with E-state index in [1.807, 2.05) is 42.5 Å². The van der Waals surface area contributed by atoms with E-state index in [1.54, 1.807) is 18.2 Å². The molecule has 6 aromatic rings. The number of hydrogen-bond acceptors (Lipinski definition) is 5. The lowest BCUT2D eigenvalue weighted by molar-refractivity contribution is 0.0696. The van der Waals surface area contributed by atoms with E-state index in [0.717, 1.165) is 61.5 Å². The highest BCUT2D eigenvalue weighted by molar-refractivity contribution is 7.99. The molecule has 0 aliphatic heterocycles. The van der Waals surface area contributed by atoms with Crippen molar-refractivity contribution in [3.63, 3.8) is 0 Å². The van der Waals surface area contributed by atoms with Gasteiger partial charge in [-0.05, 0) is 89.2 Å². The molecule has 1 saturated carbocycles. The van der Waals surface area contributed by atoms with Gasteiger partial charge in [0.25, 0.3) is 5.91 Å². The molecule has 1 heterocycles. The lowest BCUT2D eigenvalue weighted by Gasteiger charge is -2.12. The summed E-state index contributed by atoms with van der Waals surface area (Å²) in [4.78, 5) is 26.3. The first-order chi connectivity index (χ1) is 22.5. The third-order valence-corrected chi connectivity index (χ3v) is 9.06. The first-order valence-electron chi connectivity index (χ1n) is 15.0. The number of nitriles is 1. The Morgan fingerprint density at radius 1 is 0.848 bits per heavy atom. The number of rotatable bonds is 9. The maximum atomic E-state index is 14.0. The van der Waals surface area contributed by atoms with Crippen LogP contribution in [0.3, 0.4) is 0 Å². The van der Waals surface area contributed by atoms with E-state index >= 15 is 0 Å². The number of aromatic nitrogens is 2. The molecular formula is C38H28N4O3S. The van der Waals surface area contributed by atoms with Crippen molar-refractivity contribution in [2.75, 3.05) is 0 Å².